The molecule has 1 heterocycles. The van der Waals surface area contributed by atoms with Crippen LogP contribution in [0.4, 0.5) is 0 Å². The van der Waals surface area contributed by atoms with Gasteiger partial charge in [-0.05, 0) is 32.6 Å². The highest BCUT2D eigenvalue weighted by Gasteiger charge is 2.31. The SMILES string of the molecule is C=C(CC(CCCC)C(=C)N1CCCC1C(C)=O)NO. The van der Waals surface area contributed by atoms with E-state index in [-0.39, 0.29) is 17.7 Å². The lowest BCUT2D eigenvalue weighted by Gasteiger charge is -2.32. The Morgan fingerprint density at radius 1 is 1.50 bits per heavy atom. The number of hydrogen-bond acceptors (Lipinski definition) is 4. The van der Waals surface area contributed by atoms with E-state index in [0.29, 0.717) is 12.1 Å². The van der Waals surface area contributed by atoms with Gasteiger partial charge in [0.05, 0.1) is 6.04 Å². The van der Waals surface area contributed by atoms with Crippen molar-refractivity contribution in [3.8, 4) is 0 Å². The summed E-state index contributed by atoms with van der Waals surface area (Å²) < 4.78 is 0. The highest BCUT2D eigenvalue weighted by atomic mass is 16.5. The monoisotopic (exact) mass is 280 g/mol. The zero-order valence-corrected chi connectivity index (χ0v) is 12.8. The Morgan fingerprint density at radius 3 is 2.75 bits per heavy atom. The first-order chi connectivity index (χ1) is 9.51. The highest BCUT2D eigenvalue weighted by molar-refractivity contribution is 5.82. The van der Waals surface area contributed by atoms with E-state index in [0.717, 1.165) is 44.3 Å². The first-order valence-electron chi connectivity index (χ1n) is 7.55. The van der Waals surface area contributed by atoms with Crippen LogP contribution in [0.2, 0.25) is 0 Å². The molecule has 1 aliphatic heterocycles. The van der Waals surface area contributed by atoms with E-state index in [1.165, 1.54) is 0 Å². The van der Waals surface area contributed by atoms with Gasteiger partial charge in [0, 0.05) is 23.9 Å². The molecule has 0 spiro atoms. The molecule has 2 unspecified atom stereocenters. The maximum atomic E-state index is 11.7. The second-order valence-corrected chi connectivity index (χ2v) is 5.71. The Kier molecular flexibility index (Phi) is 6.79. The van der Waals surface area contributed by atoms with Crippen LogP contribution in [0, 0.1) is 5.92 Å². The Bertz CT molecular complexity index is 365. The summed E-state index contributed by atoms with van der Waals surface area (Å²) in [6, 6.07) is -0.0121. The molecule has 114 valence electrons. The summed E-state index contributed by atoms with van der Waals surface area (Å²) in [5, 5.41) is 8.95. The molecule has 0 bridgehead atoms. The second kappa shape index (κ2) is 8.10. The van der Waals surface area contributed by atoms with Crippen LogP contribution >= 0.6 is 0 Å². The lowest BCUT2D eigenvalue weighted by molar-refractivity contribution is -0.120. The third-order valence-corrected chi connectivity index (χ3v) is 4.12. The molecule has 20 heavy (non-hydrogen) atoms. The van der Waals surface area contributed by atoms with Crippen LogP contribution in [0.5, 0.6) is 0 Å². The van der Waals surface area contributed by atoms with Gasteiger partial charge in [-0.25, -0.2) is 0 Å². The van der Waals surface area contributed by atoms with Gasteiger partial charge in [-0.3, -0.25) is 15.5 Å². The van der Waals surface area contributed by atoms with E-state index in [1.807, 2.05) is 0 Å². The Morgan fingerprint density at radius 2 is 2.20 bits per heavy atom. The Balaban J connectivity index is 2.75. The molecule has 1 rings (SSSR count). The predicted octanol–water partition coefficient (Wildman–Crippen LogP) is 3.24. The lowest BCUT2D eigenvalue weighted by atomic mass is 9.93. The first kappa shape index (κ1) is 16.8. The number of carbonyl (C=O) groups is 1. The van der Waals surface area contributed by atoms with Gasteiger partial charge in [-0.2, -0.15) is 0 Å². The van der Waals surface area contributed by atoms with Crippen molar-refractivity contribution in [1.29, 1.82) is 0 Å². The summed E-state index contributed by atoms with van der Waals surface area (Å²) in [5.74, 6) is 0.457. The number of carbonyl (C=O) groups excluding carboxylic acids is 1. The number of allylic oxidation sites excluding steroid dienone is 2. The van der Waals surface area contributed by atoms with Gasteiger partial charge in [0.1, 0.15) is 0 Å². The summed E-state index contributed by atoms with van der Waals surface area (Å²) in [7, 11) is 0. The first-order valence-corrected chi connectivity index (χ1v) is 7.55. The zero-order chi connectivity index (χ0) is 15.1. The Labute approximate surface area is 122 Å². The zero-order valence-electron chi connectivity index (χ0n) is 12.8. The number of Topliss-reactive ketones (excluding diaryl/α,β-unsaturated/α-hetero) is 1. The number of likely N-dealkylation sites (tertiary alicyclic amines) is 1. The van der Waals surface area contributed by atoms with Gasteiger partial charge in [0.15, 0.2) is 5.78 Å². The van der Waals surface area contributed by atoms with Crippen molar-refractivity contribution >= 4 is 5.78 Å². The molecule has 4 nitrogen and oxygen atoms in total. The molecule has 0 aromatic rings. The van der Waals surface area contributed by atoms with Crippen molar-refractivity contribution in [2.45, 2.75) is 58.4 Å². The summed E-state index contributed by atoms with van der Waals surface area (Å²) in [6.45, 7) is 12.8. The minimum absolute atomic E-state index is 0.0121. The van der Waals surface area contributed by atoms with Crippen LogP contribution < -0.4 is 5.48 Å². The fourth-order valence-electron chi connectivity index (χ4n) is 2.95. The molecule has 0 aromatic carbocycles. The number of nitrogens with one attached hydrogen (secondary N) is 1. The van der Waals surface area contributed by atoms with Crippen molar-refractivity contribution in [2.75, 3.05) is 6.54 Å². The maximum absolute atomic E-state index is 11.7. The van der Waals surface area contributed by atoms with Gasteiger partial charge in [-0.1, -0.05) is 32.9 Å². The molecular weight excluding hydrogens is 252 g/mol. The van der Waals surface area contributed by atoms with Crippen LogP contribution in [0.15, 0.2) is 24.6 Å². The van der Waals surface area contributed by atoms with Crippen molar-refractivity contribution < 1.29 is 10.0 Å². The topological polar surface area (TPSA) is 52.6 Å². The van der Waals surface area contributed by atoms with E-state index < -0.39 is 0 Å². The van der Waals surface area contributed by atoms with Crippen molar-refractivity contribution in [3.05, 3.63) is 24.6 Å². The highest BCUT2D eigenvalue weighted by Crippen LogP contribution is 2.31. The summed E-state index contributed by atoms with van der Waals surface area (Å²) in [6.07, 6.45) is 5.88. The van der Waals surface area contributed by atoms with Gasteiger partial charge in [0.2, 0.25) is 0 Å². The summed E-state index contributed by atoms with van der Waals surface area (Å²) >= 11 is 0. The minimum atomic E-state index is -0.0121. The normalized spacial score (nSPS) is 19.8. The molecule has 2 atom stereocenters. The number of hydroxylamine groups is 1. The van der Waals surface area contributed by atoms with E-state index in [1.54, 1.807) is 6.92 Å². The number of ketones is 1. The maximum Gasteiger partial charge on any atom is 0.152 e. The van der Waals surface area contributed by atoms with Crippen LogP contribution in [0.1, 0.15) is 52.4 Å². The standard InChI is InChI=1S/C16H28N2O2/c1-5-6-8-15(11-12(2)17-20)13(3)18-10-7-9-16(18)14(4)19/h15-17,20H,2-3,5-11H2,1,4H3. The average molecular weight is 280 g/mol. The Hall–Kier alpha value is -1.29. The fraction of sp³-hybridized carbons (Fsp3) is 0.688. The van der Waals surface area contributed by atoms with Crippen molar-refractivity contribution in [1.82, 2.24) is 10.4 Å². The minimum Gasteiger partial charge on any atom is -0.365 e. The number of nitrogens with zero attached hydrogens (tertiary/aromatic N) is 1. The number of hydrogen-bond donors (Lipinski definition) is 2. The molecule has 1 saturated heterocycles. The molecule has 0 amide bonds. The molecule has 0 aliphatic carbocycles. The number of unbranched alkanes of at least 4 members (excludes halogenated alkanes) is 1. The smallest absolute Gasteiger partial charge is 0.152 e. The second-order valence-electron chi connectivity index (χ2n) is 5.71. The molecule has 1 aliphatic rings. The molecule has 1 fully saturated rings. The third-order valence-electron chi connectivity index (χ3n) is 4.12. The van der Waals surface area contributed by atoms with E-state index in [4.69, 9.17) is 5.21 Å². The van der Waals surface area contributed by atoms with E-state index in [9.17, 15) is 4.79 Å². The van der Waals surface area contributed by atoms with Crippen molar-refractivity contribution in [3.63, 3.8) is 0 Å². The average Bonchev–Trinajstić information content (AvgIpc) is 2.91. The van der Waals surface area contributed by atoms with Gasteiger partial charge in [-0.15, -0.1) is 0 Å². The predicted molar refractivity (Wildman–Crippen MR) is 81.2 cm³/mol. The van der Waals surface area contributed by atoms with Crippen LogP contribution in [0.3, 0.4) is 0 Å². The molecular formula is C16H28N2O2. The van der Waals surface area contributed by atoms with Gasteiger partial charge in [0.25, 0.3) is 0 Å². The number of rotatable bonds is 9. The van der Waals surface area contributed by atoms with Crippen LogP contribution in [-0.4, -0.2) is 28.5 Å². The summed E-state index contributed by atoms with van der Waals surface area (Å²) in [5.41, 5.74) is 3.75. The molecule has 0 aromatic heterocycles. The molecule has 2 N–H and O–H groups in total. The van der Waals surface area contributed by atoms with E-state index >= 15 is 0 Å². The van der Waals surface area contributed by atoms with Gasteiger partial charge >= 0.3 is 0 Å². The van der Waals surface area contributed by atoms with Crippen LogP contribution in [-0.2, 0) is 4.79 Å². The largest absolute Gasteiger partial charge is 0.365 e. The molecule has 0 radical (unpaired) electrons. The van der Waals surface area contributed by atoms with E-state index in [2.05, 4.69) is 30.5 Å². The fourth-order valence-corrected chi connectivity index (χ4v) is 2.95. The lowest BCUT2D eigenvalue weighted by Crippen LogP contribution is -2.36. The third kappa shape index (κ3) is 4.37. The van der Waals surface area contributed by atoms with Crippen molar-refractivity contribution in [2.24, 2.45) is 5.92 Å². The van der Waals surface area contributed by atoms with Gasteiger partial charge < -0.3 is 4.90 Å². The van der Waals surface area contributed by atoms with Crippen LogP contribution in [0.25, 0.3) is 0 Å². The quantitative estimate of drug-likeness (QED) is 0.637. The molecule has 4 heteroatoms. The summed E-state index contributed by atoms with van der Waals surface area (Å²) in [4.78, 5) is 13.9. The molecule has 0 saturated carbocycles.